The van der Waals surface area contributed by atoms with E-state index in [1.54, 1.807) is 7.11 Å². The molecule has 1 aliphatic heterocycles. The third kappa shape index (κ3) is 8.46. The second kappa shape index (κ2) is 16.8. The molecule has 0 bridgehead atoms. The molecule has 0 radical (unpaired) electrons. The van der Waals surface area contributed by atoms with Crippen molar-refractivity contribution in [3.8, 4) is 28.1 Å². The van der Waals surface area contributed by atoms with Gasteiger partial charge in [-0.2, -0.15) is 0 Å². The van der Waals surface area contributed by atoms with E-state index < -0.39 is 0 Å². The maximum absolute atomic E-state index is 9.63. The number of methoxy groups -OCH3 is 1. The van der Waals surface area contributed by atoms with E-state index in [9.17, 15) is 5.11 Å². The van der Waals surface area contributed by atoms with Crippen LogP contribution in [0, 0.1) is 0 Å². The molecule has 262 valence electrons. The van der Waals surface area contributed by atoms with Crippen LogP contribution in [0.25, 0.3) is 28.0 Å². The van der Waals surface area contributed by atoms with Gasteiger partial charge >= 0.3 is 0 Å². The summed E-state index contributed by atoms with van der Waals surface area (Å²) in [5.74, 6) is 2.20. The molecule has 0 saturated carbocycles. The monoisotopic (exact) mass is 679 g/mol. The van der Waals surface area contributed by atoms with Gasteiger partial charge in [0, 0.05) is 35.5 Å². The molecule has 7 nitrogen and oxygen atoms in total. The number of H-pyrrole nitrogens is 1. The first-order valence-corrected chi connectivity index (χ1v) is 18.0. The molecule has 0 unspecified atom stereocenters. The predicted octanol–water partition coefficient (Wildman–Crippen LogP) is 9.15. The van der Waals surface area contributed by atoms with Gasteiger partial charge < -0.3 is 14.8 Å². The van der Waals surface area contributed by atoms with Gasteiger partial charge in [0.05, 0.1) is 19.4 Å². The number of hydrogen-bond donors (Lipinski definition) is 2. The van der Waals surface area contributed by atoms with Gasteiger partial charge in [-0.25, -0.2) is 9.98 Å². The van der Waals surface area contributed by atoms with Crippen LogP contribution in [0.3, 0.4) is 0 Å². The van der Waals surface area contributed by atoms with Crippen LogP contribution in [0.15, 0.2) is 119 Å². The summed E-state index contributed by atoms with van der Waals surface area (Å²) in [5, 5.41) is 9.63. The molecule has 0 atom stereocenters. The lowest BCUT2D eigenvalue weighted by Gasteiger charge is -2.18. The van der Waals surface area contributed by atoms with Crippen molar-refractivity contribution in [2.75, 3.05) is 33.3 Å². The number of aliphatic imine (C=N–C) groups is 2. The number of nitrogens with zero attached hydrogens (tertiary/aromatic N) is 4. The minimum Gasteiger partial charge on any atom is -0.497 e. The van der Waals surface area contributed by atoms with Crippen LogP contribution >= 0.6 is 0 Å². The van der Waals surface area contributed by atoms with Crippen LogP contribution < -0.4 is 4.74 Å². The molecular weight excluding hydrogens is 631 g/mol. The Hall–Kier alpha value is -5.08. The standard InChI is InChI=1S/C44H49N5O2/c1-6-48(7-2)28-31-10-16-34(17-11-31)39-26-41(36-20-14-33(30-50)15-21-36)45-43(39)47-44-40(27-42(46-44)37-22-24-38(51-5)25-23-37)35-18-12-32(13-19-35)29-49(8-3)9-4/h10-27,45,50H,6-9,28-30H2,1-5H3. The minimum atomic E-state index is 0.00901. The fourth-order valence-corrected chi connectivity index (χ4v) is 6.41. The van der Waals surface area contributed by atoms with Crippen molar-refractivity contribution in [3.05, 3.63) is 137 Å². The number of hydrogen-bond acceptors (Lipinski definition) is 5. The highest BCUT2D eigenvalue weighted by Crippen LogP contribution is 2.37. The summed E-state index contributed by atoms with van der Waals surface area (Å²) < 4.78 is 5.42. The van der Waals surface area contributed by atoms with Crippen LogP contribution in [0.2, 0.25) is 0 Å². The summed E-state index contributed by atoms with van der Waals surface area (Å²) in [4.78, 5) is 18.9. The Morgan fingerprint density at radius 3 is 1.69 bits per heavy atom. The molecule has 0 amide bonds. The Morgan fingerprint density at radius 2 is 1.16 bits per heavy atom. The Labute approximate surface area is 302 Å². The van der Waals surface area contributed by atoms with E-state index in [4.69, 9.17) is 14.7 Å². The Morgan fingerprint density at radius 1 is 0.647 bits per heavy atom. The number of amidine groups is 1. The molecule has 6 rings (SSSR count). The third-order valence-electron chi connectivity index (χ3n) is 9.73. The van der Waals surface area contributed by atoms with E-state index in [0.29, 0.717) is 5.84 Å². The Bertz CT molecular complexity index is 1980. The second-order valence-corrected chi connectivity index (χ2v) is 12.8. The number of aliphatic hydroxyl groups is 1. The van der Waals surface area contributed by atoms with Crippen molar-refractivity contribution in [2.24, 2.45) is 9.98 Å². The molecule has 4 aromatic carbocycles. The number of aromatic nitrogens is 1. The molecule has 0 saturated heterocycles. The van der Waals surface area contributed by atoms with Crippen molar-refractivity contribution in [3.63, 3.8) is 0 Å². The smallest absolute Gasteiger partial charge is 0.162 e. The average Bonchev–Trinajstić information content (AvgIpc) is 3.81. The van der Waals surface area contributed by atoms with Crippen LogP contribution in [-0.4, -0.2) is 64.7 Å². The molecule has 2 N–H and O–H groups in total. The van der Waals surface area contributed by atoms with Crippen molar-refractivity contribution in [1.82, 2.24) is 14.8 Å². The largest absolute Gasteiger partial charge is 0.497 e. The first kappa shape index (κ1) is 35.7. The van der Waals surface area contributed by atoms with Gasteiger partial charge in [0.2, 0.25) is 0 Å². The zero-order chi connectivity index (χ0) is 35.7. The van der Waals surface area contributed by atoms with E-state index in [1.807, 2.05) is 48.5 Å². The van der Waals surface area contributed by atoms with Crippen LogP contribution in [-0.2, 0) is 19.7 Å². The van der Waals surface area contributed by atoms with Gasteiger partial charge in [-0.3, -0.25) is 9.80 Å². The summed E-state index contributed by atoms with van der Waals surface area (Å²) >= 11 is 0. The van der Waals surface area contributed by atoms with Crippen molar-refractivity contribution in [1.29, 1.82) is 0 Å². The number of rotatable bonds is 15. The van der Waals surface area contributed by atoms with Gasteiger partial charge in [-0.05, 0) is 96.0 Å². The normalized spacial score (nSPS) is 13.7. The number of aromatic amines is 1. The molecule has 51 heavy (non-hydrogen) atoms. The average molecular weight is 680 g/mol. The molecule has 1 aliphatic rings. The van der Waals surface area contributed by atoms with Gasteiger partial charge in [-0.15, -0.1) is 0 Å². The first-order chi connectivity index (χ1) is 24.9. The fourth-order valence-electron chi connectivity index (χ4n) is 6.41. The summed E-state index contributed by atoms with van der Waals surface area (Å²) in [7, 11) is 1.68. The van der Waals surface area contributed by atoms with E-state index >= 15 is 0 Å². The van der Waals surface area contributed by atoms with E-state index in [-0.39, 0.29) is 6.61 Å². The van der Waals surface area contributed by atoms with Crippen molar-refractivity contribution >= 4 is 22.9 Å². The topological polar surface area (TPSA) is 76.4 Å². The van der Waals surface area contributed by atoms with Gasteiger partial charge in [0.15, 0.2) is 5.84 Å². The van der Waals surface area contributed by atoms with Gasteiger partial charge in [0.25, 0.3) is 0 Å². The van der Waals surface area contributed by atoms with Crippen LogP contribution in [0.1, 0.15) is 55.5 Å². The molecule has 7 heteroatoms. The fraction of sp³-hybridized carbons (Fsp3) is 0.273. The highest BCUT2D eigenvalue weighted by Gasteiger charge is 2.21. The minimum absolute atomic E-state index is 0.00901. The lowest BCUT2D eigenvalue weighted by molar-refractivity contribution is 0.282. The van der Waals surface area contributed by atoms with Gasteiger partial charge in [0.1, 0.15) is 11.6 Å². The van der Waals surface area contributed by atoms with Gasteiger partial charge in [-0.1, -0.05) is 100 Å². The van der Waals surface area contributed by atoms with E-state index in [1.165, 1.54) is 11.1 Å². The number of nitrogens with one attached hydrogen (secondary N) is 1. The quantitative estimate of drug-likeness (QED) is 0.116. The number of allylic oxidation sites excluding steroid dienone is 1. The number of aliphatic hydroxyl groups excluding tert-OH is 1. The number of benzene rings is 4. The molecule has 0 spiro atoms. The highest BCUT2D eigenvalue weighted by atomic mass is 16.5. The summed E-state index contributed by atoms with van der Waals surface area (Å²) in [6.07, 6.45) is 2.14. The molecule has 0 aliphatic carbocycles. The SMILES string of the molecule is CCN(CC)Cc1ccc(C2=CC(c3ccc(OC)cc3)=NC2=Nc2[nH]c(-c3ccc(CO)cc3)cc2-c2ccc(CN(CC)CC)cc2)cc1. The molecule has 1 aromatic heterocycles. The predicted molar refractivity (Wildman–Crippen MR) is 212 cm³/mol. The third-order valence-corrected chi connectivity index (χ3v) is 9.73. The summed E-state index contributed by atoms with van der Waals surface area (Å²) in [6.45, 7) is 14.7. The Balaban J connectivity index is 1.44. The van der Waals surface area contributed by atoms with Crippen molar-refractivity contribution < 1.29 is 9.84 Å². The van der Waals surface area contributed by atoms with E-state index in [0.717, 1.165) is 101 Å². The van der Waals surface area contributed by atoms with E-state index in [2.05, 4.69) is 103 Å². The lowest BCUT2D eigenvalue weighted by atomic mass is 10.0. The maximum Gasteiger partial charge on any atom is 0.162 e. The lowest BCUT2D eigenvalue weighted by Crippen LogP contribution is -2.22. The molecule has 5 aromatic rings. The summed E-state index contributed by atoms with van der Waals surface area (Å²) in [6, 6.07) is 35.8. The summed E-state index contributed by atoms with van der Waals surface area (Å²) in [5.41, 5.74) is 11.4. The molecule has 0 fully saturated rings. The first-order valence-electron chi connectivity index (χ1n) is 18.0. The second-order valence-electron chi connectivity index (χ2n) is 12.8. The van der Waals surface area contributed by atoms with Crippen LogP contribution in [0.4, 0.5) is 5.82 Å². The zero-order valence-electron chi connectivity index (χ0n) is 30.5. The Kier molecular flexibility index (Phi) is 11.7. The zero-order valence-corrected chi connectivity index (χ0v) is 30.5. The molecule has 2 heterocycles. The van der Waals surface area contributed by atoms with Crippen molar-refractivity contribution in [2.45, 2.75) is 47.4 Å². The maximum atomic E-state index is 9.63. The number of ether oxygens (including phenoxy) is 1. The molecular formula is C44H49N5O2. The highest BCUT2D eigenvalue weighted by molar-refractivity contribution is 6.38. The van der Waals surface area contributed by atoms with Crippen LogP contribution in [0.5, 0.6) is 5.75 Å².